The topological polar surface area (TPSA) is 82.5 Å². The molecule has 1 unspecified atom stereocenters. The quantitative estimate of drug-likeness (QED) is 0.680. The van der Waals surface area contributed by atoms with Gasteiger partial charge in [0.2, 0.25) is 5.91 Å². The van der Waals surface area contributed by atoms with Gasteiger partial charge in [0, 0.05) is 52.4 Å². The number of amides is 3. The van der Waals surface area contributed by atoms with Crippen LogP contribution in [0.2, 0.25) is 0 Å². The molecule has 3 atom stereocenters. The SMILES string of the molecule is CC(=O)N1CC[C@@H](CN2CCCC(Cc3ccc(F)cc3)C2)[C@@H](NC(=O)Nc2ccn(C)n2)C1. The van der Waals surface area contributed by atoms with E-state index in [2.05, 4.69) is 20.6 Å². The third-order valence-electron chi connectivity index (χ3n) is 7.01. The summed E-state index contributed by atoms with van der Waals surface area (Å²) in [4.78, 5) is 29.0. The van der Waals surface area contributed by atoms with Crippen molar-refractivity contribution in [2.75, 3.05) is 38.0 Å². The lowest BCUT2D eigenvalue weighted by molar-refractivity contribution is -0.130. The van der Waals surface area contributed by atoms with Gasteiger partial charge in [-0.15, -0.1) is 0 Å². The smallest absolute Gasteiger partial charge is 0.320 e. The summed E-state index contributed by atoms with van der Waals surface area (Å²) in [5, 5.41) is 10.1. The maximum absolute atomic E-state index is 13.2. The maximum atomic E-state index is 13.2. The van der Waals surface area contributed by atoms with Gasteiger partial charge < -0.3 is 15.1 Å². The molecular weight excluding hydrogens is 435 g/mol. The highest BCUT2D eigenvalue weighted by Gasteiger charge is 2.34. The first-order valence-electron chi connectivity index (χ1n) is 12.1. The number of carbonyl (C=O) groups excluding carboxylic acids is 2. The van der Waals surface area contributed by atoms with Crippen LogP contribution in [0.5, 0.6) is 0 Å². The Balaban J connectivity index is 1.36. The van der Waals surface area contributed by atoms with E-state index in [1.165, 1.54) is 24.1 Å². The molecule has 3 amide bonds. The zero-order valence-corrected chi connectivity index (χ0v) is 20.0. The summed E-state index contributed by atoms with van der Waals surface area (Å²) in [6.45, 7) is 5.74. The number of rotatable bonds is 6. The number of carbonyl (C=O) groups is 2. The Morgan fingerprint density at radius 2 is 1.91 bits per heavy atom. The molecule has 1 aromatic heterocycles. The lowest BCUT2D eigenvalue weighted by Crippen LogP contribution is -2.57. The van der Waals surface area contributed by atoms with Gasteiger partial charge in [-0.2, -0.15) is 5.10 Å². The molecule has 2 N–H and O–H groups in total. The number of urea groups is 1. The van der Waals surface area contributed by atoms with Gasteiger partial charge in [-0.3, -0.25) is 14.8 Å². The number of aryl methyl sites for hydroxylation is 1. The second-order valence-corrected chi connectivity index (χ2v) is 9.69. The summed E-state index contributed by atoms with van der Waals surface area (Å²) in [7, 11) is 1.80. The molecule has 2 saturated heterocycles. The Hall–Kier alpha value is -2.94. The number of nitrogens with zero attached hydrogens (tertiary/aromatic N) is 4. The summed E-state index contributed by atoms with van der Waals surface area (Å²) in [5.74, 6) is 1.13. The molecule has 2 aliphatic rings. The molecular formula is C25H35FN6O2. The highest BCUT2D eigenvalue weighted by Crippen LogP contribution is 2.25. The number of aromatic nitrogens is 2. The number of benzene rings is 1. The summed E-state index contributed by atoms with van der Waals surface area (Å²) in [6.07, 6.45) is 5.89. The maximum Gasteiger partial charge on any atom is 0.320 e. The van der Waals surface area contributed by atoms with Gasteiger partial charge >= 0.3 is 6.03 Å². The summed E-state index contributed by atoms with van der Waals surface area (Å²) in [6, 6.07) is 8.15. The van der Waals surface area contributed by atoms with Crippen LogP contribution < -0.4 is 10.6 Å². The molecule has 0 spiro atoms. The van der Waals surface area contributed by atoms with Crippen molar-refractivity contribution in [1.82, 2.24) is 24.9 Å². The van der Waals surface area contributed by atoms with E-state index < -0.39 is 0 Å². The Morgan fingerprint density at radius 3 is 2.62 bits per heavy atom. The van der Waals surface area contributed by atoms with Crippen LogP contribution in [0.1, 0.15) is 31.7 Å². The third-order valence-corrected chi connectivity index (χ3v) is 7.01. The van der Waals surface area contributed by atoms with Crippen molar-refractivity contribution >= 4 is 17.8 Å². The number of hydrogen-bond donors (Lipinski definition) is 2. The number of halogens is 1. The van der Waals surface area contributed by atoms with E-state index in [0.29, 0.717) is 24.8 Å². The predicted molar refractivity (Wildman–Crippen MR) is 129 cm³/mol. The highest BCUT2D eigenvalue weighted by molar-refractivity contribution is 5.88. The van der Waals surface area contributed by atoms with Gasteiger partial charge in [-0.25, -0.2) is 9.18 Å². The number of likely N-dealkylation sites (tertiary alicyclic amines) is 2. The normalized spacial score (nSPS) is 23.5. The molecule has 184 valence electrons. The van der Waals surface area contributed by atoms with Gasteiger partial charge in [0.15, 0.2) is 5.82 Å². The monoisotopic (exact) mass is 470 g/mol. The zero-order valence-electron chi connectivity index (χ0n) is 20.0. The van der Waals surface area contributed by atoms with Crippen LogP contribution in [-0.4, -0.2) is 70.3 Å². The summed E-state index contributed by atoms with van der Waals surface area (Å²) >= 11 is 0. The van der Waals surface area contributed by atoms with Crippen molar-refractivity contribution < 1.29 is 14.0 Å². The lowest BCUT2D eigenvalue weighted by atomic mass is 9.87. The molecule has 0 saturated carbocycles. The Kier molecular flexibility index (Phi) is 7.82. The Labute approximate surface area is 200 Å². The van der Waals surface area contributed by atoms with Crippen LogP contribution in [0.15, 0.2) is 36.5 Å². The highest BCUT2D eigenvalue weighted by atomic mass is 19.1. The minimum atomic E-state index is -0.299. The summed E-state index contributed by atoms with van der Waals surface area (Å²) in [5.41, 5.74) is 1.17. The zero-order chi connectivity index (χ0) is 24.1. The van der Waals surface area contributed by atoms with Crippen molar-refractivity contribution in [3.05, 3.63) is 47.9 Å². The van der Waals surface area contributed by atoms with Gasteiger partial charge in [0.05, 0.1) is 6.04 Å². The average molecular weight is 471 g/mol. The van der Waals surface area contributed by atoms with Crippen molar-refractivity contribution in [3.8, 4) is 0 Å². The molecule has 3 heterocycles. The van der Waals surface area contributed by atoms with E-state index in [9.17, 15) is 14.0 Å². The average Bonchev–Trinajstić information content (AvgIpc) is 3.21. The van der Waals surface area contributed by atoms with Crippen molar-refractivity contribution in [2.24, 2.45) is 18.9 Å². The van der Waals surface area contributed by atoms with Gasteiger partial charge in [0.25, 0.3) is 0 Å². The van der Waals surface area contributed by atoms with E-state index >= 15 is 0 Å². The van der Waals surface area contributed by atoms with Crippen molar-refractivity contribution in [3.63, 3.8) is 0 Å². The molecule has 0 bridgehead atoms. The van der Waals surface area contributed by atoms with Crippen LogP contribution in [-0.2, 0) is 18.3 Å². The third kappa shape index (κ3) is 6.56. The minimum Gasteiger partial charge on any atom is -0.341 e. The molecule has 0 radical (unpaired) electrons. The number of nitrogens with one attached hydrogen (secondary N) is 2. The molecule has 8 nitrogen and oxygen atoms in total. The van der Waals surface area contributed by atoms with Crippen molar-refractivity contribution in [1.29, 1.82) is 0 Å². The first kappa shape index (κ1) is 24.2. The molecule has 2 aliphatic heterocycles. The minimum absolute atomic E-state index is 0.0349. The van der Waals surface area contributed by atoms with Crippen molar-refractivity contribution in [2.45, 2.75) is 38.6 Å². The Morgan fingerprint density at radius 1 is 1.12 bits per heavy atom. The lowest BCUT2D eigenvalue weighted by Gasteiger charge is -2.42. The van der Waals surface area contributed by atoms with E-state index in [4.69, 9.17) is 0 Å². The van der Waals surface area contributed by atoms with E-state index in [1.54, 1.807) is 30.9 Å². The van der Waals surface area contributed by atoms with Crippen LogP contribution >= 0.6 is 0 Å². The number of anilines is 1. The van der Waals surface area contributed by atoms with E-state index in [0.717, 1.165) is 38.9 Å². The van der Waals surface area contributed by atoms with E-state index in [1.807, 2.05) is 17.0 Å². The first-order valence-corrected chi connectivity index (χ1v) is 12.1. The number of hydrogen-bond acceptors (Lipinski definition) is 4. The fraction of sp³-hybridized carbons (Fsp3) is 0.560. The first-order chi connectivity index (χ1) is 16.4. The fourth-order valence-corrected chi connectivity index (χ4v) is 5.24. The van der Waals surface area contributed by atoms with Crippen LogP contribution in [0, 0.1) is 17.7 Å². The van der Waals surface area contributed by atoms with Crippen LogP contribution in [0.25, 0.3) is 0 Å². The number of piperidine rings is 2. The van der Waals surface area contributed by atoms with Gasteiger partial charge in [-0.05, 0) is 61.8 Å². The Bertz CT molecular complexity index is 978. The van der Waals surface area contributed by atoms with Crippen LogP contribution in [0.4, 0.5) is 15.0 Å². The second kappa shape index (κ2) is 11.0. The molecule has 34 heavy (non-hydrogen) atoms. The molecule has 9 heteroatoms. The van der Waals surface area contributed by atoms with Crippen LogP contribution in [0.3, 0.4) is 0 Å². The molecule has 2 fully saturated rings. The summed E-state index contributed by atoms with van der Waals surface area (Å²) < 4.78 is 14.9. The molecule has 4 rings (SSSR count). The molecule has 2 aromatic rings. The predicted octanol–water partition coefficient (Wildman–Crippen LogP) is 2.87. The molecule has 0 aliphatic carbocycles. The molecule has 1 aromatic carbocycles. The van der Waals surface area contributed by atoms with Gasteiger partial charge in [-0.1, -0.05) is 12.1 Å². The second-order valence-electron chi connectivity index (χ2n) is 9.69. The van der Waals surface area contributed by atoms with E-state index in [-0.39, 0.29) is 29.7 Å². The largest absolute Gasteiger partial charge is 0.341 e. The standard InChI is InChI=1S/C25H35FN6O2/c1-18(33)32-13-9-21(23(17-32)27-25(34)28-24-10-12-30(2)29-24)16-31-11-3-4-20(15-31)14-19-5-7-22(26)8-6-19/h5-8,10,12,20-21,23H,3-4,9,11,13-17H2,1-2H3,(H2,27,28,29,34)/t20?,21-,23-/m0/s1. The fourth-order valence-electron chi connectivity index (χ4n) is 5.24. The van der Waals surface area contributed by atoms with Gasteiger partial charge in [0.1, 0.15) is 5.82 Å².